The second-order valence-electron chi connectivity index (χ2n) is 6.96. The molecule has 0 atom stereocenters. The molecule has 140 valence electrons. The molecule has 6 heteroatoms. The lowest BCUT2D eigenvalue weighted by atomic mass is 10.1. The first-order valence-corrected chi connectivity index (χ1v) is 9.13. The molecule has 0 saturated carbocycles. The van der Waals surface area contributed by atoms with Gasteiger partial charge in [-0.3, -0.25) is 4.79 Å². The highest BCUT2D eigenvalue weighted by atomic mass is 19.1. The lowest BCUT2D eigenvalue weighted by Gasteiger charge is -2.33. The molecule has 27 heavy (non-hydrogen) atoms. The zero-order chi connectivity index (χ0) is 19.4. The van der Waals surface area contributed by atoms with E-state index in [4.69, 9.17) is 0 Å². The summed E-state index contributed by atoms with van der Waals surface area (Å²) in [4.78, 5) is 15.6. The number of hydrogen-bond donors (Lipinski definition) is 2. The summed E-state index contributed by atoms with van der Waals surface area (Å²) in [7, 11) is 0. The Bertz CT molecular complexity index is 882. The third kappa shape index (κ3) is 4.26. The van der Waals surface area contributed by atoms with E-state index in [1.807, 2.05) is 43.0 Å². The third-order valence-corrected chi connectivity index (χ3v) is 5.20. The van der Waals surface area contributed by atoms with E-state index in [9.17, 15) is 14.4 Å². The Morgan fingerprint density at radius 3 is 2.63 bits per heavy atom. The van der Waals surface area contributed by atoms with Gasteiger partial charge in [0.1, 0.15) is 17.4 Å². The van der Waals surface area contributed by atoms with E-state index in [0.29, 0.717) is 25.3 Å². The van der Waals surface area contributed by atoms with Gasteiger partial charge in [-0.15, -0.1) is 0 Å². The number of aryl methyl sites for hydroxylation is 1. The highest BCUT2D eigenvalue weighted by Crippen LogP contribution is 2.22. The van der Waals surface area contributed by atoms with E-state index in [0.717, 1.165) is 29.9 Å². The molecule has 0 radical (unpaired) electrons. The quantitative estimate of drug-likeness (QED) is 0.864. The number of hydrogen-bond acceptors (Lipinski definition) is 3. The number of amides is 1. The van der Waals surface area contributed by atoms with E-state index in [1.54, 1.807) is 12.1 Å². The van der Waals surface area contributed by atoms with Crippen LogP contribution in [0.15, 0.2) is 36.4 Å². The maximum atomic E-state index is 13.8. The SMILES string of the molecule is Cc1cccc(NC(=O)C[NH+]2CCN(c3cccc(F)c3C#N)CC2)c1C. The Morgan fingerprint density at radius 1 is 1.22 bits per heavy atom. The van der Waals surface area contributed by atoms with Gasteiger partial charge < -0.3 is 15.1 Å². The number of carbonyl (C=O) groups excluding carboxylic acids is 1. The normalized spacial score (nSPS) is 14.7. The van der Waals surface area contributed by atoms with Crippen molar-refractivity contribution in [2.24, 2.45) is 0 Å². The number of nitriles is 1. The van der Waals surface area contributed by atoms with Crippen molar-refractivity contribution in [3.8, 4) is 6.07 Å². The number of halogens is 1. The molecule has 0 aromatic heterocycles. The molecule has 1 fully saturated rings. The van der Waals surface area contributed by atoms with Crippen molar-refractivity contribution in [3.63, 3.8) is 0 Å². The van der Waals surface area contributed by atoms with Crippen LogP contribution in [-0.2, 0) is 4.79 Å². The summed E-state index contributed by atoms with van der Waals surface area (Å²) in [6, 6.07) is 12.5. The second-order valence-corrected chi connectivity index (χ2v) is 6.96. The predicted octanol–water partition coefficient (Wildman–Crippen LogP) is 1.66. The predicted molar refractivity (Wildman–Crippen MR) is 103 cm³/mol. The molecule has 0 aliphatic carbocycles. The number of benzene rings is 2. The van der Waals surface area contributed by atoms with Crippen molar-refractivity contribution < 1.29 is 14.1 Å². The fraction of sp³-hybridized carbons (Fsp3) is 0.333. The number of piperazine rings is 1. The number of quaternary nitrogens is 1. The second kappa shape index (κ2) is 8.19. The van der Waals surface area contributed by atoms with E-state index < -0.39 is 5.82 Å². The fourth-order valence-electron chi connectivity index (χ4n) is 3.44. The maximum Gasteiger partial charge on any atom is 0.279 e. The van der Waals surface area contributed by atoms with Gasteiger partial charge in [-0.2, -0.15) is 5.26 Å². The van der Waals surface area contributed by atoms with Crippen LogP contribution in [0.4, 0.5) is 15.8 Å². The summed E-state index contributed by atoms with van der Waals surface area (Å²) in [6.45, 7) is 7.33. The smallest absolute Gasteiger partial charge is 0.279 e. The number of nitrogens with one attached hydrogen (secondary N) is 2. The fourth-order valence-corrected chi connectivity index (χ4v) is 3.44. The number of carbonyl (C=O) groups is 1. The maximum absolute atomic E-state index is 13.8. The molecular weight excluding hydrogens is 343 g/mol. The molecule has 1 saturated heterocycles. The average molecular weight is 367 g/mol. The molecule has 1 amide bonds. The minimum Gasteiger partial charge on any atom is -0.359 e. The van der Waals surface area contributed by atoms with E-state index in [-0.39, 0.29) is 11.5 Å². The van der Waals surface area contributed by atoms with Crippen LogP contribution in [0.1, 0.15) is 16.7 Å². The van der Waals surface area contributed by atoms with Crippen LogP contribution in [0.25, 0.3) is 0 Å². The van der Waals surface area contributed by atoms with Crippen LogP contribution in [0, 0.1) is 31.0 Å². The minimum absolute atomic E-state index is 0.00406. The summed E-state index contributed by atoms with van der Waals surface area (Å²) in [5, 5.41) is 12.2. The van der Waals surface area contributed by atoms with E-state index in [1.165, 1.54) is 11.0 Å². The molecule has 2 N–H and O–H groups in total. The summed E-state index contributed by atoms with van der Waals surface area (Å²) in [6.07, 6.45) is 0. The van der Waals surface area contributed by atoms with Crippen molar-refractivity contribution in [2.75, 3.05) is 42.9 Å². The minimum atomic E-state index is -0.488. The van der Waals surface area contributed by atoms with Crippen LogP contribution < -0.4 is 15.1 Å². The Morgan fingerprint density at radius 2 is 1.93 bits per heavy atom. The molecular formula is C21H24FN4O+. The molecule has 0 unspecified atom stereocenters. The largest absolute Gasteiger partial charge is 0.359 e. The Hall–Kier alpha value is -2.91. The molecule has 1 aliphatic heterocycles. The number of anilines is 2. The Kier molecular flexibility index (Phi) is 5.72. The van der Waals surface area contributed by atoms with Gasteiger partial charge in [-0.1, -0.05) is 18.2 Å². The molecule has 1 heterocycles. The highest BCUT2D eigenvalue weighted by Gasteiger charge is 2.24. The first-order valence-electron chi connectivity index (χ1n) is 9.13. The summed E-state index contributed by atoms with van der Waals surface area (Å²) in [5.41, 5.74) is 3.82. The summed E-state index contributed by atoms with van der Waals surface area (Å²) in [5.74, 6) is -0.492. The number of rotatable bonds is 4. The highest BCUT2D eigenvalue weighted by molar-refractivity contribution is 5.92. The zero-order valence-electron chi connectivity index (χ0n) is 15.7. The van der Waals surface area contributed by atoms with Gasteiger partial charge >= 0.3 is 0 Å². The van der Waals surface area contributed by atoms with Crippen LogP contribution in [0.3, 0.4) is 0 Å². The third-order valence-electron chi connectivity index (χ3n) is 5.20. The van der Waals surface area contributed by atoms with Crippen LogP contribution in [-0.4, -0.2) is 38.6 Å². The topological polar surface area (TPSA) is 60.6 Å². The van der Waals surface area contributed by atoms with Crippen molar-refractivity contribution in [1.82, 2.24) is 0 Å². The van der Waals surface area contributed by atoms with Gasteiger partial charge in [0.05, 0.1) is 31.9 Å². The van der Waals surface area contributed by atoms with E-state index in [2.05, 4.69) is 5.32 Å². The standard InChI is InChI=1S/C21H23FN4O/c1-15-5-3-7-19(16(15)2)24-21(27)14-25-9-11-26(12-10-25)20-8-4-6-18(22)17(20)13-23/h3-8H,9-12,14H2,1-2H3,(H,24,27)/p+1. The van der Waals surface area contributed by atoms with Gasteiger partial charge in [0.15, 0.2) is 6.54 Å². The molecule has 0 spiro atoms. The Balaban J connectivity index is 1.57. The Labute approximate surface area is 159 Å². The van der Waals surface area contributed by atoms with Gasteiger partial charge in [0, 0.05) is 5.69 Å². The molecule has 5 nitrogen and oxygen atoms in total. The monoisotopic (exact) mass is 367 g/mol. The van der Waals surface area contributed by atoms with Crippen molar-refractivity contribution >= 4 is 17.3 Å². The van der Waals surface area contributed by atoms with Crippen LogP contribution >= 0.6 is 0 Å². The number of nitrogens with zero attached hydrogens (tertiary/aromatic N) is 2. The van der Waals surface area contributed by atoms with E-state index >= 15 is 0 Å². The van der Waals surface area contributed by atoms with Gasteiger partial charge in [0.25, 0.3) is 5.91 Å². The summed E-state index contributed by atoms with van der Waals surface area (Å²) >= 11 is 0. The van der Waals surface area contributed by atoms with Gasteiger partial charge in [-0.05, 0) is 43.2 Å². The van der Waals surface area contributed by atoms with Crippen LogP contribution in [0.2, 0.25) is 0 Å². The van der Waals surface area contributed by atoms with Gasteiger partial charge in [0.2, 0.25) is 0 Å². The van der Waals surface area contributed by atoms with Crippen LogP contribution in [0.5, 0.6) is 0 Å². The lowest BCUT2D eigenvalue weighted by Crippen LogP contribution is -3.15. The summed E-state index contributed by atoms with van der Waals surface area (Å²) < 4.78 is 13.8. The molecule has 2 aromatic rings. The first-order chi connectivity index (χ1) is 13.0. The van der Waals surface area contributed by atoms with Crippen molar-refractivity contribution in [2.45, 2.75) is 13.8 Å². The van der Waals surface area contributed by atoms with Crippen molar-refractivity contribution in [3.05, 3.63) is 58.9 Å². The molecule has 1 aliphatic rings. The molecule has 0 bridgehead atoms. The lowest BCUT2D eigenvalue weighted by molar-refractivity contribution is -0.892. The zero-order valence-corrected chi connectivity index (χ0v) is 15.7. The molecule has 3 rings (SSSR count). The van der Waals surface area contributed by atoms with Gasteiger partial charge in [-0.25, -0.2) is 4.39 Å². The van der Waals surface area contributed by atoms with Crippen molar-refractivity contribution in [1.29, 1.82) is 5.26 Å². The first kappa shape index (κ1) is 18.9. The average Bonchev–Trinajstić information content (AvgIpc) is 2.66. The molecule has 2 aromatic carbocycles.